The molecule has 1 aliphatic carbocycles. The number of nitrogens with zero attached hydrogens (tertiary/aromatic N) is 5. The van der Waals surface area contributed by atoms with Gasteiger partial charge < -0.3 is 0 Å². The Morgan fingerprint density at radius 1 is 1.27 bits per heavy atom. The molecule has 0 fully saturated rings. The first-order valence-corrected chi connectivity index (χ1v) is 11.2. The van der Waals surface area contributed by atoms with Crippen LogP contribution in [0.25, 0.3) is 17.1 Å². The minimum Gasteiger partial charge on any atom is -0.296 e. The Morgan fingerprint density at radius 2 is 1.97 bits per heavy atom. The number of hydrogen-bond acceptors (Lipinski definition) is 5. The fourth-order valence-corrected chi connectivity index (χ4v) is 5.13. The van der Waals surface area contributed by atoms with Gasteiger partial charge in [0.25, 0.3) is 0 Å². The summed E-state index contributed by atoms with van der Waals surface area (Å²) in [7, 11) is -2.07. The first-order chi connectivity index (χ1) is 13.8. The molecule has 30 heavy (non-hydrogen) atoms. The highest BCUT2D eigenvalue weighted by Gasteiger charge is 2.36. The van der Waals surface area contributed by atoms with Crippen LogP contribution >= 0.6 is 0 Å². The maximum absolute atomic E-state index is 13.1. The third-order valence-electron chi connectivity index (χ3n) is 5.59. The number of aromatic nitrogens is 5. The highest BCUT2D eigenvalue weighted by atomic mass is 32.2. The van der Waals surface area contributed by atoms with Gasteiger partial charge in [0.2, 0.25) is 5.95 Å². The molecule has 1 aliphatic rings. The first-order valence-electron chi connectivity index (χ1n) is 9.57. The highest BCUT2D eigenvalue weighted by molar-refractivity contribution is 7.91. The molecule has 3 aromatic rings. The maximum atomic E-state index is 13.1. The molecule has 7 nitrogen and oxygen atoms in total. The van der Waals surface area contributed by atoms with Crippen LogP contribution in [-0.4, -0.2) is 38.5 Å². The third kappa shape index (κ3) is 3.28. The second-order valence-corrected chi connectivity index (χ2v) is 10.6. The van der Waals surface area contributed by atoms with Gasteiger partial charge in [0, 0.05) is 18.8 Å². The molecule has 0 N–H and O–H groups in total. The predicted octanol–water partition coefficient (Wildman–Crippen LogP) is 3.48. The van der Waals surface area contributed by atoms with Crippen molar-refractivity contribution in [2.45, 2.75) is 51.2 Å². The van der Waals surface area contributed by atoms with Crippen molar-refractivity contribution in [2.75, 3.05) is 5.75 Å². The van der Waals surface area contributed by atoms with Crippen LogP contribution in [0.3, 0.4) is 0 Å². The zero-order valence-electron chi connectivity index (χ0n) is 17.1. The van der Waals surface area contributed by atoms with Crippen molar-refractivity contribution in [2.24, 2.45) is 12.5 Å². The van der Waals surface area contributed by atoms with Gasteiger partial charge in [0.1, 0.15) is 5.52 Å². The zero-order valence-corrected chi connectivity index (χ0v) is 17.9. The first kappa shape index (κ1) is 20.8. The summed E-state index contributed by atoms with van der Waals surface area (Å²) in [5.74, 6) is 0.00522. The minimum atomic E-state index is -4.55. The van der Waals surface area contributed by atoms with E-state index in [-0.39, 0.29) is 33.3 Å². The Bertz CT molecular complexity index is 1260. The van der Waals surface area contributed by atoms with Crippen LogP contribution in [0.15, 0.2) is 17.3 Å². The van der Waals surface area contributed by atoms with E-state index in [9.17, 15) is 21.6 Å². The van der Waals surface area contributed by atoms with Crippen LogP contribution in [0, 0.1) is 5.41 Å². The molecule has 4 rings (SSSR count). The number of hydrogen-bond donors (Lipinski definition) is 0. The lowest BCUT2D eigenvalue weighted by Crippen LogP contribution is -2.22. The molecule has 3 aromatic heterocycles. The lowest BCUT2D eigenvalue weighted by molar-refractivity contribution is -0.137. The Morgan fingerprint density at radius 3 is 2.60 bits per heavy atom. The lowest BCUT2D eigenvalue weighted by Gasteiger charge is -2.28. The topological polar surface area (TPSA) is 82.7 Å². The maximum Gasteiger partial charge on any atom is 0.417 e. The van der Waals surface area contributed by atoms with Gasteiger partial charge in [-0.05, 0) is 30.7 Å². The van der Waals surface area contributed by atoms with Crippen LogP contribution in [0.5, 0.6) is 0 Å². The van der Waals surface area contributed by atoms with Crippen molar-refractivity contribution in [3.05, 3.63) is 29.1 Å². The van der Waals surface area contributed by atoms with Crippen molar-refractivity contribution in [3.63, 3.8) is 0 Å². The van der Waals surface area contributed by atoms with Crippen molar-refractivity contribution in [1.82, 2.24) is 24.3 Å². The second kappa shape index (κ2) is 6.53. The summed E-state index contributed by atoms with van der Waals surface area (Å²) in [6.45, 7) is 5.75. The second-order valence-electron chi connectivity index (χ2n) is 8.42. The zero-order chi connectivity index (χ0) is 22.1. The van der Waals surface area contributed by atoms with Crippen LogP contribution in [0.1, 0.15) is 44.0 Å². The number of halogens is 3. The summed E-state index contributed by atoms with van der Waals surface area (Å²) in [6.07, 6.45) is -1.81. The van der Waals surface area contributed by atoms with Crippen molar-refractivity contribution < 1.29 is 21.6 Å². The number of alkyl halides is 3. The molecule has 0 aliphatic heterocycles. The molecule has 11 heteroatoms. The van der Waals surface area contributed by atoms with Crippen LogP contribution in [0.4, 0.5) is 13.2 Å². The van der Waals surface area contributed by atoms with E-state index in [1.807, 2.05) is 0 Å². The van der Waals surface area contributed by atoms with Gasteiger partial charge in [0.15, 0.2) is 20.5 Å². The predicted molar refractivity (Wildman–Crippen MR) is 104 cm³/mol. The van der Waals surface area contributed by atoms with E-state index < -0.39 is 21.6 Å². The summed E-state index contributed by atoms with van der Waals surface area (Å²) in [5.41, 5.74) is 0.668. The molecule has 0 unspecified atom stereocenters. The number of rotatable bonds is 3. The largest absolute Gasteiger partial charge is 0.417 e. The summed E-state index contributed by atoms with van der Waals surface area (Å²) in [5, 5.41) is 4.64. The summed E-state index contributed by atoms with van der Waals surface area (Å²) in [6, 6.07) is 0.909. The highest BCUT2D eigenvalue weighted by Crippen LogP contribution is 2.38. The van der Waals surface area contributed by atoms with Crippen molar-refractivity contribution in [3.8, 4) is 5.95 Å². The normalized spacial score (nSPS) is 16.8. The Hall–Kier alpha value is -2.43. The molecule has 162 valence electrons. The molecule has 0 atom stereocenters. The smallest absolute Gasteiger partial charge is 0.296 e. The van der Waals surface area contributed by atoms with Crippen molar-refractivity contribution >= 4 is 21.0 Å². The summed E-state index contributed by atoms with van der Waals surface area (Å²) >= 11 is 0. The standard InChI is InChI=1S/C19H22F3N5O2S/c1-5-30(28,29)16-12-6-7-18(2,3)9-14(12)25-27(16)17-24-13-8-11(19(20,21)22)10-23-15(13)26(17)4/h8,10H,5-7,9H2,1-4H3. The van der Waals surface area contributed by atoms with E-state index in [0.717, 1.165) is 18.7 Å². The Labute approximate surface area is 171 Å². The molecular weight excluding hydrogens is 419 g/mol. The van der Waals surface area contributed by atoms with Gasteiger partial charge in [-0.25, -0.2) is 18.4 Å². The average molecular weight is 441 g/mol. The van der Waals surface area contributed by atoms with Gasteiger partial charge in [-0.3, -0.25) is 4.57 Å². The molecule has 0 saturated carbocycles. The lowest BCUT2D eigenvalue weighted by atomic mass is 9.77. The third-order valence-corrected chi connectivity index (χ3v) is 7.36. The van der Waals surface area contributed by atoms with E-state index in [4.69, 9.17) is 0 Å². The number of fused-ring (bicyclic) bond motifs is 2. The number of aryl methyl sites for hydroxylation is 1. The van der Waals surface area contributed by atoms with E-state index in [2.05, 4.69) is 28.9 Å². The van der Waals surface area contributed by atoms with E-state index in [0.29, 0.717) is 24.1 Å². The summed E-state index contributed by atoms with van der Waals surface area (Å²) in [4.78, 5) is 8.18. The van der Waals surface area contributed by atoms with Crippen LogP contribution < -0.4 is 0 Å². The fraction of sp³-hybridized carbons (Fsp3) is 0.526. The van der Waals surface area contributed by atoms with E-state index in [1.54, 1.807) is 14.0 Å². The van der Waals surface area contributed by atoms with E-state index >= 15 is 0 Å². The van der Waals surface area contributed by atoms with Gasteiger partial charge in [-0.2, -0.15) is 23.0 Å². The van der Waals surface area contributed by atoms with E-state index in [1.165, 1.54) is 9.25 Å². The number of pyridine rings is 1. The van der Waals surface area contributed by atoms with Crippen LogP contribution in [-0.2, 0) is 35.9 Å². The Kier molecular flexibility index (Phi) is 4.53. The molecule has 0 spiro atoms. The SMILES string of the molecule is CCS(=O)(=O)c1c2c(nn1-c1nc3cc(C(F)(F)F)cnc3n1C)CC(C)(C)CC2. The molecular formula is C19H22F3N5O2S. The molecule has 0 aromatic carbocycles. The van der Waals surface area contributed by atoms with Gasteiger partial charge in [-0.15, -0.1) is 0 Å². The number of sulfone groups is 1. The molecule has 0 bridgehead atoms. The molecule has 0 saturated heterocycles. The average Bonchev–Trinajstić information content (AvgIpc) is 3.17. The quantitative estimate of drug-likeness (QED) is 0.622. The fourth-order valence-electron chi connectivity index (χ4n) is 3.88. The number of imidazole rings is 1. The minimum absolute atomic E-state index is 0.0189. The van der Waals surface area contributed by atoms with Crippen molar-refractivity contribution in [1.29, 1.82) is 0 Å². The van der Waals surface area contributed by atoms with Gasteiger partial charge in [0.05, 0.1) is 17.0 Å². The van der Waals surface area contributed by atoms with Gasteiger partial charge in [-0.1, -0.05) is 20.8 Å². The molecule has 0 amide bonds. The summed E-state index contributed by atoms with van der Waals surface area (Å²) < 4.78 is 67.8. The molecule has 3 heterocycles. The monoisotopic (exact) mass is 441 g/mol. The van der Waals surface area contributed by atoms with Gasteiger partial charge >= 0.3 is 6.18 Å². The van der Waals surface area contributed by atoms with Crippen LogP contribution in [0.2, 0.25) is 0 Å². The Balaban J connectivity index is 1.98. The molecule has 0 radical (unpaired) electrons.